The summed E-state index contributed by atoms with van der Waals surface area (Å²) in [5.74, 6) is 1.46. The molecule has 1 aromatic carbocycles. The smallest absolute Gasteiger partial charge is 0.122 e. The molecule has 0 radical (unpaired) electrons. The van der Waals surface area contributed by atoms with Gasteiger partial charge < -0.3 is 15.2 Å². The Labute approximate surface area is 113 Å². The Morgan fingerprint density at radius 2 is 1.74 bits per heavy atom. The molecule has 0 spiro atoms. The van der Waals surface area contributed by atoms with Crippen LogP contribution in [0.3, 0.4) is 0 Å². The molecule has 1 heterocycles. The number of rotatable bonds is 4. The predicted octanol–water partition coefficient (Wildman–Crippen LogP) is 2.46. The van der Waals surface area contributed by atoms with Crippen molar-refractivity contribution in [3.05, 3.63) is 53.3 Å². The summed E-state index contributed by atoms with van der Waals surface area (Å²) in [6.07, 6.45) is 3.56. The fraction of sp³-hybridized carbons (Fsp3) is 0.267. The minimum absolute atomic E-state index is 0.252. The molecule has 1 unspecified atom stereocenters. The van der Waals surface area contributed by atoms with Crippen molar-refractivity contribution in [3.8, 4) is 11.5 Å². The zero-order valence-electron chi connectivity index (χ0n) is 11.4. The Kier molecular flexibility index (Phi) is 4.02. The molecule has 0 aliphatic heterocycles. The van der Waals surface area contributed by atoms with Gasteiger partial charge in [-0.2, -0.15) is 0 Å². The van der Waals surface area contributed by atoms with E-state index in [1.54, 1.807) is 26.6 Å². The lowest BCUT2D eigenvalue weighted by atomic mass is 9.97. The van der Waals surface area contributed by atoms with E-state index in [9.17, 15) is 0 Å². The molecule has 4 heteroatoms. The summed E-state index contributed by atoms with van der Waals surface area (Å²) in [6.45, 7) is 2.02. The third-order valence-electron chi connectivity index (χ3n) is 3.15. The maximum absolute atomic E-state index is 6.31. The van der Waals surface area contributed by atoms with Crippen LogP contribution in [0.1, 0.15) is 22.7 Å². The Balaban J connectivity index is 2.43. The van der Waals surface area contributed by atoms with Crippen LogP contribution in [0.25, 0.3) is 0 Å². The van der Waals surface area contributed by atoms with Crippen molar-refractivity contribution in [2.24, 2.45) is 5.73 Å². The molecular weight excluding hydrogens is 240 g/mol. The maximum Gasteiger partial charge on any atom is 0.122 e. The van der Waals surface area contributed by atoms with E-state index in [1.807, 2.05) is 31.2 Å². The van der Waals surface area contributed by atoms with Crippen LogP contribution in [0.4, 0.5) is 0 Å². The van der Waals surface area contributed by atoms with E-state index in [-0.39, 0.29) is 6.04 Å². The highest BCUT2D eigenvalue weighted by molar-refractivity contribution is 5.43. The highest BCUT2D eigenvalue weighted by Gasteiger charge is 2.14. The second-order valence-corrected chi connectivity index (χ2v) is 4.36. The molecular formula is C15H18N2O2. The third kappa shape index (κ3) is 2.85. The van der Waals surface area contributed by atoms with Gasteiger partial charge in [0.1, 0.15) is 11.5 Å². The van der Waals surface area contributed by atoms with Crippen LogP contribution in [-0.4, -0.2) is 19.2 Å². The third-order valence-corrected chi connectivity index (χ3v) is 3.15. The first-order chi connectivity index (χ1) is 9.15. The molecule has 1 atom stereocenters. The van der Waals surface area contributed by atoms with Crippen molar-refractivity contribution in [3.63, 3.8) is 0 Å². The molecule has 2 aromatic rings. The van der Waals surface area contributed by atoms with Gasteiger partial charge in [-0.3, -0.25) is 4.98 Å². The fourth-order valence-corrected chi connectivity index (χ4v) is 1.99. The highest BCUT2D eigenvalue weighted by Crippen LogP contribution is 2.29. The molecule has 2 rings (SSSR count). The van der Waals surface area contributed by atoms with E-state index >= 15 is 0 Å². The lowest BCUT2D eigenvalue weighted by Gasteiger charge is -2.16. The van der Waals surface area contributed by atoms with Gasteiger partial charge in [-0.1, -0.05) is 0 Å². The molecule has 100 valence electrons. The molecule has 4 nitrogen and oxygen atoms in total. The van der Waals surface area contributed by atoms with Crippen LogP contribution in [0.5, 0.6) is 11.5 Å². The number of nitrogens with zero attached hydrogens (tertiary/aromatic N) is 1. The van der Waals surface area contributed by atoms with Crippen molar-refractivity contribution >= 4 is 0 Å². The Morgan fingerprint density at radius 1 is 1.11 bits per heavy atom. The van der Waals surface area contributed by atoms with Crippen LogP contribution in [-0.2, 0) is 0 Å². The minimum atomic E-state index is -0.252. The molecule has 19 heavy (non-hydrogen) atoms. The first kappa shape index (κ1) is 13.4. The molecule has 0 bridgehead atoms. The van der Waals surface area contributed by atoms with Gasteiger partial charge >= 0.3 is 0 Å². The lowest BCUT2D eigenvalue weighted by Crippen LogP contribution is -2.13. The van der Waals surface area contributed by atoms with Crippen LogP contribution in [0, 0.1) is 6.92 Å². The minimum Gasteiger partial charge on any atom is -0.497 e. The standard InChI is InChI=1S/C15H18N2O2/c1-10-4-5-17-9-14(10)15(16)11-6-12(18-2)8-13(7-11)19-3/h4-9,15H,16H2,1-3H3. The number of aromatic nitrogens is 1. The average molecular weight is 258 g/mol. The molecule has 0 aliphatic carbocycles. The van der Waals surface area contributed by atoms with Crippen LogP contribution in [0.15, 0.2) is 36.7 Å². The Bertz CT molecular complexity index is 548. The number of hydrogen-bond acceptors (Lipinski definition) is 4. The van der Waals surface area contributed by atoms with Crippen molar-refractivity contribution in [2.75, 3.05) is 14.2 Å². The zero-order chi connectivity index (χ0) is 13.8. The Morgan fingerprint density at radius 3 is 2.26 bits per heavy atom. The summed E-state index contributed by atoms with van der Waals surface area (Å²) in [6, 6.07) is 7.36. The van der Waals surface area contributed by atoms with Crippen molar-refractivity contribution in [2.45, 2.75) is 13.0 Å². The SMILES string of the molecule is COc1cc(OC)cc(C(N)c2cnccc2C)c1. The second-order valence-electron chi connectivity index (χ2n) is 4.36. The number of pyridine rings is 1. The van der Waals surface area contributed by atoms with Gasteiger partial charge in [-0.25, -0.2) is 0 Å². The van der Waals surface area contributed by atoms with Crippen LogP contribution < -0.4 is 15.2 Å². The molecule has 0 amide bonds. The number of methoxy groups -OCH3 is 2. The van der Waals surface area contributed by atoms with E-state index in [2.05, 4.69) is 4.98 Å². The summed E-state index contributed by atoms with van der Waals surface area (Å²) >= 11 is 0. The normalized spacial score (nSPS) is 12.0. The van der Waals surface area contributed by atoms with Gasteiger partial charge in [-0.05, 0) is 41.8 Å². The van der Waals surface area contributed by atoms with Gasteiger partial charge in [-0.15, -0.1) is 0 Å². The summed E-state index contributed by atoms with van der Waals surface area (Å²) in [4.78, 5) is 4.13. The van der Waals surface area contributed by atoms with Gasteiger partial charge in [0, 0.05) is 18.5 Å². The number of benzene rings is 1. The molecule has 1 aromatic heterocycles. The van der Waals surface area contributed by atoms with Crippen molar-refractivity contribution < 1.29 is 9.47 Å². The number of ether oxygens (including phenoxy) is 2. The van der Waals surface area contributed by atoms with Crippen LogP contribution in [0.2, 0.25) is 0 Å². The maximum atomic E-state index is 6.31. The van der Waals surface area contributed by atoms with Crippen LogP contribution >= 0.6 is 0 Å². The number of hydrogen-bond donors (Lipinski definition) is 1. The monoisotopic (exact) mass is 258 g/mol. The topological polar surface area (TPSA) is 57.4 Å². The van der Waals surface area contributed by atoms with E-state index in [0.29, 0.717) is 0 Å². The largest absolute Gasteiger partial charge is 0.497 e. The first-order valence-corrected chi connectivity index (χ1v) is 6.04. The Hall–Kier alpha value is -2.07. The summed E-state index contributed by atoms with van der Waals surface area (Å²) < 4.78 is 10.5. The van der Waals surface area contributed by atoms with Gasteiger partial charge in [0.15, 0.2) is 0 Å². The number of nitrogens with two attached hydrogens (primary N) is 1. The average Bonchev–Trinajstić information content (AvgIpc) is 2.46. The van der Waals surface area contributed by atoms with Gasteiger partial charge in [0.2, 0.25) is 0 Å². The number of aryl methyl sites for hydroxylation is 1. The second kappa shape index (κ2) is 5.71. The van der Waals surface area contributed by atoms with E-state index in [0.717, 1.165) is 28.2 Å². The summed E-state index contributed by atoms with van der Waals surface area (Å²) in [5.41, 5.74) is 9.36. The summed E-state index contributed by atoms with van der Waals surface area (Å²) in [7, 11) is 3.25. The highest BCUT2D eigenvalue weighted by atomic mass is 16.5. The first-order valence-electron chi connectivity index (χ1n) is 6.04. The molecule has 0 fully saturated rings. The fourth-order valence-electron chi connectivity index (χ4n) is 1.99. The summed E-state index contributed by atoms with van der Waals surface area (Å²) in [5, 5.41) is 0. The quantitative estimate of drug-likeness (QED) is 0.915. The van der Waals surface area contributed by atoms with Gasteiger partial charge in [0.25, 0.3) is 0 Å². The molecule has 0 saturated heterocycles. The van der Waals surface area contributed by atoms with Crippen molar-refractivity contribution in [1.29, 1.82) is 0 Å². The lowest BCUT2D eigenvalue weighted by molar-refractivity contribution is 0.393. The predicted molar refractivity (Wildman–Crippen MR) is 74.6 cm³/mol. The zero-order valence-corrected chi connectivity index (χ0v) is 11.4. The molecule has 0 aliphatic rings. The van der Waals surface area contributed by atoms with Crippen molar-refractivity contribution in [1.82, 2.24) is 4.98 Å². The van der Waals surface area contributed by atoms with E-state index in [4.69, 9.17) is 15.2 Å². The van der Waals surface area contributed by atoms with Gasteiger partial charge in [0.05, 0.1) is 20.3 Å². The van der Waals surface area contributed by atoms with E-state index in [1.165, 1.54) is 0 Å². The molecule has 2 N–H and O–H groups in total. The van der Waals surface area contributed by atoms with E-state index < -0.39 is 0 Å². The molecule has 0 saturated carbocycles.